The van der Waals surface area contributed by atoms with Crippen LogP contribution in [-0.4, -0.2) is 23.6 Å². The molecule has 142 valence electrons. The van der Waals surface area contributed by atoms with Gasteiger partial charge in [0.2, 0.25) is 11.5 Å². The van der Waals surface area contributed by atoms with E-state index in [1.165, 1.54) is 32.0 Å². The first-order valence-electron chi connectivity index (χ1n) is 8.57. The van der Waals surface area contributed by atoms with Crippen LogP contribution in [0.1, 0.15) is 45.1 Å². The Morgan fingerprint density at radius 3 is 2.11 bits per heavy atom. The summed E-state index contributed by atoms with van der Waals surface area (Å²) in [5, 5.41) is 0. The van der Waals surface area contributed by atoms with Crippen molar-refractivity contribution < 1.29 is 27.9 Å². The Labute approximate surface area is 160 Å². The quantitative estimate of drug-likeness (QED) is 0.457. The maximum atomic E-state index is 13.0. The zero-order valence-corrected chi connectivity index (χ0v) is 15.3. The predicted molar refractivity (Wildman–Crippen MR) is 99.8 cm³/mol. The Morgan fingerprint density at radius 2 is 1.50 bits per heavy atom. The molecular weight excluding hydrogens is 363 g/mol. The van der Waals surface area contributed by atoms with Crippen molar-refractivity contribution in [2.75, 3.05) is 0 Å². The van der Waals surface area contributed by atoms with E-state index in [0.29, 0.717) is 16.9 Å². The molecule has 6 heteroatoms. The highest BCUT2D eigenvalue weighted by Gasteiger charge is 2.22. The van der Waals surface area contributed by atoms with Crippen molar-refractivity contribution in [1.82, 2.24) is 0 Å². The molecule has 0 saturated carbocycles. The second-order valence-electron chi connectivity index (χ2n) is 6.22. The number of ketones is 2. The fraction of sp³-hybridized carbons (Fsp3) is 0.136. The molecule has 0 amide bonds. The third-order valence-corrected chi connectivity index (χ3v) is 4.16. The van der Waals surface area contributed by atoms with Gasteiger partial charge in [0.05, 0.1) is 0 Å². The molecule has 0 spiro atoms. The van der Waals surface area contributed by atoms with Crippen molar-refractivity contribution >= 4 is 17.5 Å². The van der Waals surface area contributed by atoms with Crippen LogP contribution in [0.2, 0.25) is 0 Å². The van der Waals surface area contributed by atoms with E-state index < -0.39 is 23.7 Å². The molecule has 0 unspecified atom stereocenters. The number of hydrogen-bond donors (Lipinski definition) is 0. The second kappa shape index (κ2) is 8.00. The molecule has 5 nitrogen and oxygen atoms in total. The van der Waals surface area contributed by atoms with Gasteiger partial charge in [0, 0.05) is 16.7 Å². The number of halogens is 1. The maximum Gasteiger partial charge on any atom is 0.374 e. The van der Waals surface area contributed by atoms with Gasteiger partial charge in [-0.25, -0.2) is 9.18 Å². The normalized spacial score (nSPS) is 11.7. The van der Waals surface area contributed by atoms with Crippen LogP contribution >= 0.6 is 0 Å². The summed E-state index contributed by atoms with van der Waals surface area (Å²) in [6.07, 6.45) is -1.05. The molecule has 3 aromatic rings. The number of furan rings is 1. The minimum absolute atomic E-state index is 0.0462. The number of hydrogen-bond acceptors (Lipinski definition) is 5. The Kier molecular flexibility index (Phi) is 5.49. The first-order chi connectivity index (χ1) is 13.3. The van der Waals surface area contributed by atoms with Gasteiger partial charge in [0.1, 0.15) is 11.6 Å². The van der Waals surface area contributed by atoms with E-state index in [-0.39, 0.29) is 17.1 Å². The van der Waals surface area contributed by atoms with E-state index in [1.54, 1.807) is 30.3 Å². The summed E-state index contributed by atoms with van der Waals surface area (Å²) in [5.74, 6) is -1.35. The van der Waals surface area contributed by atoms with Gasteiger partial charge in [-0.3, -0.25) is 9.59 Å². The molecule has 0 fully saturated rings. The van der Waals surface area contributed by atoms with E-state index in [9.17, 15) is 18.8 Å². The summed E-state index contributed by atoms with van der Waals surface area (Å²) >= 11 is 0. The summed E-state index contributed by atoms with van der Waals surface area (Å²) in [6.45, 7) is 2.92. The highest BCUT2D eigenvalue weighted by atomic mass is 19.1. The van der Waals surface area contributed by atoms with Gasteiger partial charge in [-0.15, -0.1) is 0 Å². The first kappa shape index (κ1) is 19.2. The van der Waals surface area contributed by atoms with Crippen molar-refractivity contribution in [2.24, 2.45) is 0 Å². The first-order valence-corrected chi connectivity index (χ1v) is 8.57. The van der Waals surface area contributed by atoms with Crippen LogP contribution in [0.3, 0.4) is 0 Å². The maximum absolute atomic E-state index is 13.0. The summed E-state index contributed by atoms with van der Waals surface area (Å²) in [7, 11) is 0. The average Bonchev–Trinajstić information content (AvgIpc) is 3.18. The zero-order valence-electron chi connectivity index (χ0n) is 15.3. The largest absolute Gasteiger partial charge is 0.449 e. The summed E-state index contributed by atoms with van der Waals surface area (Å²) in [4.78, 5) is 35.9. The van der Waals surface area contributed by atoms with Crippen molar-refractivity contribution in [3.05, 3.63) is 83.4 Å². The van der Waals surface area contributed by atoms with Crippen LogP contribution in [-0.2, 0) is 4.74 Å². The van der Waals surface area contributed by atoms with Crippen LogP contribution in [0.25, 0.3) is 11.3 Å². The van der Waals surface area contributed by atoms with Gasteiger partial charge >= 0.3 is 5.97 Å². The van der Waals surface area contributed by atoms with Crippen molar-refractivity contribution in [1.29, 1.82) is 0 Å². The molecule has 0 radical (unpaired) electrons. The Hall–Kier alpha value is -3.54. The molecule has 28 heavy (non-hydrogen) atoms. The van der Waals surface area contributed by atoms with E-state index in [4.69, 9.17) is 9.15 Å². The Morgan fingerprint density at radius 1 is 0.893 bits per heavy atom. The van der Waals surface area contributed by atoms with Gasteiger partial charge in [-0.1, -0.05) is 24.3 Å². The minimum Gasteiger partial charge on any atom is -0.449 e. The minimum atomic E-state index is -1.05. The summed E-state index contributed by atoms with van der Waals surface area (Å²) in [6, 6.07) is 14.8. The number of esters is 1. The number of benzene rings is 2. The molecule has 0 N–H and O–H groups in total. The van der Waals surface area contributed by atoms with E-state index in [2.05, 4.69) is 0 Å². The molecule has 1 heterocycles. The van der Waals surface area contributed by atoms with Crippen LogP contribution in [0, 0.1) is 5.82 Å². The number of Topliss-reactive ketones (excluding diaryl/α,β-unsaturated/α-hetero) is 2. The summed E-state index contributed by atoms with van der Waals surface area (Å²) in [5.41, 5.74) is 1.51. The summed E-state index contributed by atoms with van der Waals surface area (Å²) < 4.78 is 23.6. The predicted octanol–water partition coefficient (Wildman–Crippen LogP) is 4.72. The SMILES string of the molecule is CC(=O)c1ccc(-c2ccc(C(=O)O[C@@H](C)C(=O)c3ccc(F)cc3)o2)cc1. The van der Waals surface area contributed by atoms with E-state index >= 15 is 0 Å². The molecule has 3 rings (SSSR count). The molecule has 1 atom stereocenters. The lowest BCUT2D eigenvalue weighted by atomic mass is 10.1. The van der Waals surface area contributed by atoms with Crippen molar-refractivity contribution in [3.8, 4) is 11.3 Å². The highest BCUT2D eigenvalue weighted by molar-refractivity contribution is 6.01. The fourth-order valence-electron chi connectivity index (χ4n) is 2.59. The number of ether oxygens (including phenoxy) is 1. The van der Waals surface area contributed by atoms with Crippen molar-refractivity contribution in [3.63, 3.8) is 0 Å². The molecule has 0 aliphatic rings. The van der Waals surface area contributed by atoms with Crippen LogP contribution in [0.15, 0.2) is 65.1 Å². The Bertz CT molecular complexity index is 1020. The van der Waals surface area contributed by atoms with E-state index in [0.717, 1.165) is 12.1 Å². The van der Waals surface area contributed by atoms with Crippen LogP contribution < -0.4 is 0 Å². The lowest BCUT2D eigenvalue weighted by Gasteiger charge is -2.11. The molecule has 0 bridgehead atoms. The molecular formula is C22H17FO5. The number of carbonyl (C=O) groups excluding carboxylic acids is 3. The van der Waals surface area contributed by atoms with Crippen molar-refractivity contribution in [2.45, 2.75) is 20.0 Å². The molecule has 0 saturated heterocycles. The van der Waals surface area contributed by atoms with Gasteiger partial charge in [0.15, 0.2) is 11.9 Å². The van der Waals surface area contributed by atoms with Gasteiger partial charge in [-0.2, -0.15) is 0 Å². The highest BCUT2D eigenvalue weighted by Crippen LogP contribution is 2.23. The Balaban J connectivity index is 1.69. The zero-order chi connectivity index (χ0) is 20.3. The standard InChI is InChI=1S/C22H17FO5/c1-13(24)15-3-5-16(6-4-15)19-11-12-20(28-19)22(26)27-14(2)21(25)17-7-9-18(23)10-8-17/h3-12,14H,1-2H3/t14-/m0/s1. The van der Waals surface area contributed by atoms with Crippen LogP contribution in [0.4, 0.5) is 4.39 Å². The van der Waals surface area contributed by atoms with Gasteiger partial charge in [-0.05, 0) is 50.2 Å². The number of rotatable bonds is 6. The van der Waals surface area contributed by atoms with Crippen LogP contribution in [0.5, 0.6) is 0 Å². The van der Waals surface area contributed by atoms with Gasteiger partial charge < -0.3 is 9.15 Å². The molecule has 2 aromatic carbocycles. The molecule has 0 aliphatic heterocycles. The lowest BCUT2D eigenvalue weighted by molar-refractivity contribution is 0.0290. The number of carbonyl (C=O) groups is 3. The topological polar surface area (TPSA) is 73.6 Å². The molecule has 1 aromatic heterocycles. The lowest BCUT2D eigenvalue weighted by Crippen LogP contribution is -2.24. The smallest absolute Gasteiger partial charge is 0.374 e. The molecule has 0 aliphatic carbocycles. The van der Waals surface area contributed by atoms with Gasteiger partial charge in [0.25, 0.3) is 0 Å². The van der Waals surface area contributed by atoms with E-state index in [1.807, 2.05) is 0 Å². The fourth-order valence-corrected chi connectivity index (χ4v) is 2.59. The average molecular weight is 380 g/mol. The second-order valence-corrected chi connectivity index (χ2v) is 6.22. The monoisotopic (exact) mass is 380 g/mol. The third kappa shape index (κ3) is 4.23. The third-order valence-electron chi connectivity index (χ3n) is 4.16.